The van der Waals surface area contributed by atoms with Crippen molar-refractivity contribution in [2.24, 2.45) is 0 Å². The first-order chi connectivity index (χ1) is 9.06. The van der Waals surface area contributed by atoms with Crippen molar-refractivity contribution in [3.63, 3.8) is 0 Å². The van der Waals surface area contributed by atoms with Crippen molar-refractivity contribution < 1.29 is 0 Å². The lowest BCUT2D eigenvalue weighted by atomic mass is 10.1. The zero-order valence-electron chi connectivity index (χ0n) is 12.1. The van der Waals surface area contributed by atoms with E-state index in [1.54, 1.807) is 0 Å². The van der Waals surface area contributed by atoms with Crippen molar-refractivity contribution in [1.82, 2.24) is 15.1 Å². The van der Waals surface area contributed by atoms with E-state index in [1.807, 2.05) is 6.92 Å². The van der Waals surface area contributed by atoms with E-state index in [9.17, 15) is 0 Å². The Bertz CT molecular complexity index is 422. The Balaban J connectivity index is 1.80. The van der Waals surface area contributed by atoms with Crippen LogP contribution in [0.3, 0.4) is 0 Å². The molecule has 0 bridgehead atoms. The largest absolute Gasteiger partial charge is 0.311 e. The summed E-state index contributed by atoms with van der Waals surface area (Å²) in [5.41, 5.74) is 2.39. The molecule has 1 aliphatic heterocycles. The summed E-state index contributed by atoms with van der Waals surface area (Å²) in [6.07, 6.45) is 0. The molecule has 3 nitrogen and oxygen atoms in total. The lowest BCUT2D eigenvalue weighted by molar-refractivity contribution is 0.113. The number of nitrogens with one attached hydrogen (secondary N) is 1. The highest BCUT2D eigenvalue weighted by Gasteiger charge is 2.21. The minimum absolute atomic E-state index is 0.597. The fourth-order valence-electron chi connectivity index (χ4n) is 2.45. The average Bonchev–Trinajstić information content (AvgIpc) is 2.38. The van der Waals surface area contributed by atoms with Gasteiger partial charge in [-0.3, -0.25) is 4.90 Å². The molecule has 1 aromatic rings. The van der Waals surface area contributed by atoms with Gasteiger partial charge in [-0.2, -0.15) is 0 Å². The zero-order valence-corrected chi connectivity index (χ0v) is 12.9. The number of aryl methyl sites for hydroxylation is 1. The van der Waals surface area contributed by atoms with E-state index >= 15 is 0 Å². The summed E-state index contributed by atoms with van der Waals surface area (Å²) in [5, 5.41) is 4.40. The smallest absolute Gasteiger partial charge is 0.0438 e. The van der Waals surface area contributed by atoms with Crippen LogP contribution >= 0.6 is 11.6 Å². The number of benzene rings is 1. The first-order valence-electron chi connectivity index (χ1n) is 6.91. The number of likely N-dealkylation sites (N-methyl/N-ethyl adjacent to an activating group) is 2. The Labute approximate surface area is 121 Å². The fourth-order valence-corrected chi connectivity index (χ4v) is 2.65. The minimum Gasteiger partial charge on any atom is -0.311 e. The molecule has 0 aromatic heterocycles. The lowest BCUT2D eigenvalue weighted by Gasteiger charge is -2.37. The second-order valence-electron chi connectivity index (χ2n) is 5.61. The third-order valence-corrected chi connectivity index (χ3v) is 4.33. The van der Waals surface area contributed by atoms with Crippen LogP contribution in [0.25, 0.3) is 0 Å². The van der Waals surface area contributed by atoms with Crippen molar-refractivity contribution >= 4 is 11.6 Å². The van der Waals surface area contributed by atoms with Crippen molar-refractivity contribution in [2.45, 2.75) is 19.5 Å². The second-order valence-corrected chi connectivity index (χ2v) is 6.02. The average molecular weight is 282 g/mol. The van der Waals surface area contributed by atoms with E-state index in [0.29, 0.717) is 6.04 Å². The molecule has 106 valence electrons. The van der Waals surface area contributed by atoms with Crippen LogP contribution in [0.1, 0.15) is 11.1 Å². The Morgan fingerprint density at radius 2 is 2.11 bits per heavy atom. The molecule has 0 aliphatic carbocycles. The summed E-state index contributed by atoms with van der Waals surface area (Å²) in [5.74, 6) is 0. The predicted molar refractivity (Wildman–Crippen MR) is 81.8 cm³/mol. The van der Waals surface area contributed by atoms with Crippen molar-refractivity contribution in [1.29, 1.82) is 0 Å². The highest BCUT2D eigenvalue weighted by Crippen LogP contribution is 2.16. The molecule has 1 fully saturated rings. The van der Waals surface area contributed by atoms with E-state index in [2.05, 4.69) is 47.4 Å². The molecule has 0 radical (unpaired) electrons. The molecule has 1 saturated heterocycles. The number of hydrogen-bond donors (Lipinski definition) is 1. The molecular formula is C15H24ClN3. The number of piperazine rings is 1. The molecule has 0 saturated carbocycles. The maximum atomic E-state index is 6.14. The Morgan fingerprint density at radius 3 is 2.84 bits per heavy atom. The molecule has 19 heavy (non-hydrogen) atoms. The first-order valence-corrected chi connectivity index (χ1v) is 7.28. The van der Waals surface area contributed by atoms with Crippen LogP contribution in [0.4, 0.5) is 0 Å². The first kappa shape index (κ1) is 14.8. The molecule has 4 heteroatoms. The van der Waals surface area contributed by atoms with E-state index < -0.39 is 0 Å². The summed E-state index contributed by atoms with van der Waals surface area (Å²) < 4.78 is 0. The Hall–Kier alpha value is -0.610. The van der Waals surface area contributed by atoms with Gasteiger partial charge in [0.2, 0.25) is 0 Å². The molecule has 1 aromatic carbocycles. The molecular weight excluding hydrogens is 258 g/mol. The molecule has 1 N–H and O–H groups in total. The van der Waals surface area contributed by atoms with Crippen molar-refractivity contribution in [3.05, 3.63) is 34.3 Å². The Kier molecular flexibility index (Phi) is 5.22. The van der Waals surface area contributed by atoms with E-state index in [1.165, 1.54) is 12.1 Å². The predicted octanol–water partition coefficient (Wildman–Crippen LogP) is 1.98. The van der Waals surface area contributed by atoms with Crippen molar-refractivity contribution in [3.8, 4) is 0 Å². The van der Waals surface area contributed by atoms with E-state index in [4.69, 9.17) is 11.6 Å². The maximum absolute atomic E-state index is 6.14. The highest BCUT2D eigenvalue weighted by atomic mass is 35.5. The minimum atomic E-state index is 0.597. The maximum Gasteiger partial charge on any atom is 0.0438 e. The van der Waals surface area contributed by atoms with Gasteiger partial charge >= 0.3 is 0 Å². The topological polar surface area (TPSA) is 18.5 Å². The van der Waals surface area contributed by atoms with Gasteiger partial charge in [0.05, 0.1) is 0 Å². The number of nitrogens with zero attached hydrogens (tertiary/aromatic N) is 2. The molecule has 1 aliphatic rings. The van der Waals surface area contributed by atoms with Crippen LogP contribution in [-0.2, 0) is 6.54 Å². The molecule has 0 amide bonds. The summed E-state index contributed by atoms with van der Waals surface area (Å²) >= 11 is 6.14. The zero-order chi connectivity index (χ0) is 13.8. The third kappa shape index (κ3) is 4.18. The van der Waals surface area contributed by atoms with Gasteiger partial charge in [-0.05, 0) is 38.2 Å². The Morgan fingerprint density at radius 1 is 1.32 bits per heavy atom. The molecule has 0 spiro atoms. The standard InChI is InChI=1S/C15H24ClN3/c1-12-4-5-13(8-15(12)16)9-17-10-14-11-18(2)6-7-19(14)3/h4-5,8,14,17H,6-7,9-11H2,1-3H3. The summed E-state index contributed by atoms with van der Waals surface area (Å²) in [7, 11) is 4.40. The lowest BCUT2D eigenvalue weighted by Crippen LogP contribution is -2.53. The van der Waals surface area contributed by atoms with Gasteiger partial charge in [0.25, 0.3) is 0 Å². The summed E-state index contributed by atoms with van der Waals surface area (Å²) in [6, 6.07) is 6.88. The summed E-state index contributed by atoms with van der Waals surface area (Å²) in [6.45, 7) is 7.39. The summed E-state index contributed by atoms with van der Waals surface area (Å²) in [4.78, 5) is 4.84. The monoisotopic (exact) mass is 281 g/mol. The number of halogens is 1. The number of rotatable bonds is 4. The van der Waals surface area contributed by atoms with Gasteiger partial charge in [0.1, 0.15) is 0 Å². The van der Waals surface area contributed by atoms with Crippen LogP contribution < -0.4 is 5.32 Å². The van der Waals surface area contributed by atoms with Gasteiger partial charge in [0.15, 0.2) is 0 Å². The van der Waals surface area contributed by atoms with Gasteiger partial charge in [-0.1, -0.05) is 23.7 Å². The molecule has 2 rings (SSSR count). The highest BCUT2D eigenvalue weighted by molar-refractivity contribution is 6.31. The second kappa shape index (κ2) is 6.71. The van der Waals surface area contributed by atoms with Crippen molar-refractivity contribution in [2.75, 3.05) is 40.3 Å². The van der Waals surface area contributed by atoms with E-state index in [-0.39, 0.29) is 0 Å². The van der Waals surface area contributed by atoms with Crippen LogP contribution in [0, 0.1) is 6.92 Å². The molecule has 1 unspecified atom stereocenters. The third-order valence-electron chi connectivity index (χ3n) is 3.93. The SMILES string of the molecule is Cc1ccc(CNCC2CN(C)CCN2C)cc1Cl. The van der Waals surface area contributed by atoms with Gasteiger partial charge in [-0.15, -0.1) is 0 Å². The van der Waals surface area contributed by atoms with Crippen LogP contribution in [0.15, 0.2) is 18.2 Å². The fraction of sp³-hybridized carbons (Fsp3) is 0.600. The van der Waals surface area contributed by atoms with E-state index in [0.717, 1.165) is 36.8 Å². The molecule has 1 atom stereocenters. The number of hydrogen-bond acceptors (Lipinski definition) is 3. The van der Waals surface area contributed by atoms with Gasteiger partial charge < -0.3 is 10.2 Å². The molecule has 1 heterocycles. The van der Waals surface area contributed by atoms with Crippen LogP contribution in [0.2, 0.25) is 5.02 Å². The van der Waals surface area contributed by atoms with Crippen LogP contribution in [-0.4, -0.2) is 56.1 Å². The van der Waals surface area contributed by atoms with Gasteiger partial charge in [-0.25, -0.2) is 0 Å². The normalized spacial score (nSPS) is 21.8. The quantitative estimate of drug-likeness (QED) is 0.911. The van der Waals surface area contributed by atoms with Gasteiger partial charge in [0, 0.05) is 43.8 Å². The van der Waals surface area contributed by atoms with Crippen LogP contribution in [0.5, 0.6) is 0 Å².